The number of nitrogens with two attached hydrogens (primary N) is 3. The molecule has 0 aliphatic heterocycles. The SMILES string of the molecule is NCCNCCNCCNCCNCCNCCN(CCN)CCNCCNCCNCCN. The normalized spacial score (nSPS) is 11.6. The molecule has 0 radical (unpaired) electrons. The molecule has 206 valence electrons. The van der Waals surface area contributed by atoms with Crippen molar-refractivity contribution in [2.75, 3.05) is 144 Å². The van der Waals surface area contributed by atoms with Crippen LogP contribution in [0.15, 0.2) is 0 Å². The van der Waals surface area contributed by atoms with Gasteiger partial charge in [0.25, 0.3) is 0 Å². The molecular weight excluding hydrogens is 432 g/mol. The van der Waals surface area contributed by atoms with Crippen molar-refractivity contribution in [3.63, 3.8) is 0 Å². The van der Waals surface area contributed by atoms with Crippen molar-refractivity contribution in [2.24, 2.45) is 17.2 Å². The molecule has 14 N–H and O–H groups in total. The number of rotatable bonds is 30. The first-order valence-corrected chi connectivity index (χ1v) is 13.3. The monoisotopic (exact) mass is 490 g/mol. The lowest BCUT2D eigenvalue weighted by atomic mass is 10.4. The van der Waals surface area contributed by atoms with E-state index in [1.165, 1.54) is 0 Å². The van der Waals surface area contributed by atoms with Crippen LogP contribution < -0.4 is 59.7 Å². The summed E-state index contributed by atoms with van der Waals surface area (Å²) >= 11 is 0. The van der Waals surface area contributed by atoms with Crippen LogP contribution in [0.1, 0.15) is 0 Å². The van der Waals surface area contributed by atoms with E-state index in [-0.39, 0.29) is 0 Å². The lowest BCUT2D eigenvalue weighted by Gasteiger charge is -2.22. The van der Waals surface area contributed by atoms with Crippen molar-refractivity contribution >= 4 is 0 Å². The van der Waals surface area contributed by atoms with E-state index in [9.17, 15) is 0 Å². The summed E-state index contributed by atoms with van der Waals surface area (Å²) in [6, 6.07) is 0. The van der Waals surface area contributed by atoms with E-state index >= 15 is 0 Å². The predicted molar refractivity (Wildman–Crippen MR) is 147 cm³/mol. The molecule has 0 spiro atoms. The van der Waals surface area contributed by atoms with Crippen LogP contribution in [0.4, 0.5) is 0 Å². The summed E-state index contributed by atoms with van der Waals surface area (Å²) < 4.78 is 0. The largest absolute Gasteiger partial charge is 0.329 e. The Bertz CT molecular complexity index is 365. The van der Waals surface area contributed by atoms with Crippen LogP contribution in [0.3, 0.4) is 0 Å². The Balaban J connectivity index is 3.35. The molecule has 0 amide bonds. The van der Waals surface area contributed by atoms with Gasteiger partial charge in [0, 0.05) is 144 Å². The van der Waals surface area contributed by atoms with Crippen LogP contribution in [0.5, 0.6) is 0 Å². The molecule has 0 saturated heterocycles. The third-order valence-electron chi connectivity index (χ3n) is 5.17. The highest BCUT2D eigenvalue weighted by Gasteiger charge is 2.03. The van der Waals surface area contributed by atoms with Gasteiger partial charge in [-0.2, -0.15) is 0 Å². The molecule has 0 bridgehead atoms. The first-order chi connectivity index (χ1) is 16.8. The van der Waals surface area contributed by atoms with Crippen molar-refractivity contribution < 1.29 is 0 Å². The molecule has 0 aromatic carbocycles. The van der Waals surface area contributed by atoms with Crippen molar-refractivity contribution in [1.82, 2.24) is 47.4 Å². The molecule has 0 unspecified atom stereocenters. The minimum absolute atomic E-state index is 0.693. The van der Waals surface area contributed by atoms with E-state index in [0.29, 0.717) is 19.6 Å². The summed E-state index contributed by atoms with van der Waals surface area (Å²) in [4.78, 5) is 2.42. The molecule has 12 nitrogen and oxygen atoms in total. The van der Waals surface area contributed by atoms with Crippen LogP contribution >= 0.6 is 0 Å². The van der Waals surface area contributed by atoms with Gasteiger partial charge in [-0.1, -0.05) is 0 Å². The van der Waals surface area contributed by atoms with E-state index in [2.05, 4.69) is 47.4 Å². The second-order valence-corrected chi connectivity index (χ2v) is 8.21. The molecule has 0 heterocycles. The molecule has 0 aromatic rings. The van der Waals surface area contributed by atoms with Crippen LogP contribution in [0, 0.1) is 0 Å². The molecule has 0 aliphatic carbocycles. The molecule has 0 fully saturated rings. The average Bonchev–Trinajstić information content (AvgIpc) is 2.84. The fourth-order valence-corrected chi connectivity index (χ4v) is 3.26. The van der Waals surface area contributed by atoms with Gasteiger partial charge in [0.05, 0.1) is 0 Å². The van der Waals surface area contributed by atoms with Crippen molar-refractivity contribution in [2.45, 2.75) is 0 Å². The topological polar surface area (TPSA) is 178 Å². The third kappa shape index (κ3) is 27.8. The Kier molecular flexibility index (Phi) is 30.1. The smallest absolute Gasteiger partial charge is 0.0108 e. The Morgan fingerprint density at radius 1 is 0.294 bits per heavy atom. The fourth-order valence-electron chi connectivity index (χ4n) is 3.26. The lowest BCUT2D eigenvalue weighted by Crippen LogP contribution is -2.42. The Morgan fingerprint density at radius 2 is 0.559 bits per heavy atom. The first-order valence-electron chi connectivity index (χ1n) is 13.3. The maximum Gasteiger partial charge on any atom is 0.0108 e. The van der Waals surface area contributed by atoms with Crippen molar-refractivity contribution in [1.29, 1.82) is 0 Å². The van der Waals surface area contributed by atoms with E-state index in [0.717, 1.165) is 124 Å². The number of nitrogens with one attached hydrogen (secondary N) is 8. The molecule has 0 aliphatic rings. The van der Waals surface area contributed by atoms with Gasteiger partial charge in [-0.15, -0.1) is 0 Å². The lowest BCUT2D eigenvalue weighted by molar-refractivity contribution is 0.280. The standard InChI is InChI=1S/C22H58N12/c23-1-4-26-6-8-28-10-11-30-12-13-31-15-17-33-19-22-34(20-3-25)21-18-32-16-14-29-9-7-27-5-2-24/h26-33H,1-25H2. The minimum Gasteiger partial charge on any atom is -0.329 e. The van der Waals surface area contributed by atoms with Crippen molar-refractivity contribution in [3.05, 3.63) is 0 Å². The van der Waals surface area contributed by atoms with E-state index in [4.69, 9.17) is 17.2 Å². The van der Waals surface area contributed by atoms with Crippen LogP contribution in [-0.2, 0) is 0 Å². The number of hydrogen-bond donors (Lipinski definition) is 11. The maximum atomic E-state index is 5.78. The number of hydrogen-bond acceptors (Lipinski definition) is 12. The quantitative estimate of drug-likeness (QED) is 0.0432. The van der Waals surface area contributed by atoms with E-state index in [1.54, 1.807) is 0 Å². The van der Waals surface area contributed by atoms with Gasteiger partial charge in [0.2, 0.25) is 0 Å². The van der Waals surface area contributed by atoms with Gasteiger partial charge in [-0.3, -0.25) is 4.90 Å². The summed E-state index contributed by atoms with van der Waals surface area (Å²) in [6.45, 7) is 20.6. The predicted octanol–water partition coefficient (Wildman–Crippen LogP) is -5.12. The van der Waals surface area contributed by atoms with Gasteiger partial charge < -0.3 is 59.7 Å². The summed E-state index contributed by atoms with van der Waals surface area (Å²) in [7, 11) is 0. The van der Waals surface area contributed by atoms with Gasteiger partial charge in [-0.25, -0.2) is 0 Å². The Labute approximate surface area is 209 Å². The molecule has 34 heavy (non-hydrogen) atoms. The zero-order valence-electron chi connectivity index (χ0n) is 21.7. The molecular formula is C22H58N12. The highest BCUT2D eigenvalue weighted by Crippen LogP contribution is 1.84. The summed E-state index contributed by atoms with van der Waals surface area (Å²) in [5, 5.41) is 27.3. The minimum atomic E-state index is 0.693. The van der Waals surface area contributed by atoms with Crippen LogP contribution in [0.25, 0.3) is 0 Å². The second-order valence-electron chi connectivity index (χ2n) is 8.21. The molecule has 0 aromatic heterocycles. The molecule has 0 atom stereocenters. The van der Waals surface area contributed by atoms with Gasteiger partial charge in [-0.05, 0) is 0 Å². The first kappa shape index (κ1) is 33.5. The Hall–Kier alpha value is -0.480. The highest BCUT2D eigenvalue weighted by atomic mass is 15.2. The Morgan fingerprint density at radius 3 is 0.824 bits per heavy atom. The van der Waals surface area contributed by atoms with Gasteiger partial charge >= 0.3 is 0 Å². The van der Waals surface area contributed by atoms with Crippen LogP contribution in [-0.4, -0.2) is 149 Å². The van der Waals surface area contributed by atoms with Gasteiger partial charge in [0.15, 0.2) is 0 Å². The molecule has 12 heteroatoms. The van der Waals surface area contributed by atoms with E-state index in [1.807, 2.05) is 0 Å². The van der Waals surface area contributed by atoms with Gasteiger partial charge in [0.1, 0.15) is 0 Å². The maximum absolute atomic E-state index is 5.78. The average molecular weight is 491 g/mol. The third-order valence-corrected chi connectivity index (χ3v) is 5.17. The van der Waals surface area contributed by atoms with Crippen LogP contribution in [0.2, 0.25) is 0 Å². The highest BCUT2D eigenvalue weighted by molar-refractivity contribution is 4.64. The molecule has 0 rings (SSSR count). The van der Waals surface area contributed by atoms with Crippen molar-refractivity contribution in [3.8, 4) is 0 Å². The summed E-state index contributed by atoms with van der Waals surface area (Å²) in [6.07, 6.45) is 0. The summed E-state index contributed by atoms with van der Waals surface area (Å²) in [5.74, 6) is 0. The molecule has 0 saturated carbocycles. The zero-order chi connectivity index (χ0) is 24.8. The second kappa shape index (κ2) is 30.6. The summed E-state index contributed by atoms with van der Waals surface area (Å²) in [5.41, 5.74) is 16.7. The zero-order valence-corrected chi connectivity index (χ0v) is 21.7. The fraction of sp³-hybridized carbons (Fsp3) is 1.00. The van der Waals surface area contributed by atoms with E-state index < -0.39 is 0 Å². The number of nitrogens with zero attached hydrogens (tertiary/aromatic N) is 1.